The number of ether oxygens (including phenoxy) is 4. The second kappa shape index (κ2) is 16.1. The van der Waals surface area contributed by atoms with Crippen molar-refractivity contribution in [3.8, 4) is 0 Å². The Morgan fingerprint density at radius 3 is 1.84 bits per heavy atom. The molecule has 0 amide bonds. The number of carbonyl (C=O) groups excluding carboxylic acids is 4. The number of hydrogen-bond acceptors (Lipinski definition) is 13. The third kappa shape index (κ3) is 16.7. The lowest BCUT2D eigenvalue weighted by Crippen LogP contribution is -2.31. The van der Waals surface area contributed by atoms with Crippen LogP contribution in [0, 0.1) is 0 Å². The fraction of sp³-hybridized carbons (Fsp3) is 0.733. The molecule has 3 atom stereocenters. The van der Waals surface area contributed by atoms with Crippen molar-refractivity contribution >= 4 is 46.5 Å². The van der Waals surface area contributed by atoms with E-state index in [-0.39, 0.29) is 25.9 Å². The molecule has 0 saturated heterocycles. The monoisotopic (exact) mass is 536 g/mol. The molecule has 31 heavy (non-hydrogen) atoms. The van der Waals surface area contributed by atoms with E-state index in [0.29, 0.717) is 0 Å². The predicted molar refractivity (Wildman–Crippen MR) is 106 cm³/mol. The van der Waals surface area contributed by atoms with Crippen molar-refractivity contribution in [2.24, 2.45) is 11.5 Å². The average Bonchev–Trinajstić information content (AvgIpc) is 2.66. The highest BCUT2D eigenvalue weighted by atomic mass is 79.9. The zero-order valence-corrected chi connectivity index (χ0v) is 19.2. The van der Waals surface area contributed by atoms with Crippen LogP contribution in [0.1, 0.15) is 19.8 Å². The van der Waals surface area contributed by atoms with E-state index in [4.69, 9.17) is 34.7 Å². The van der Waals surface area contributed by atoms with Crippen molar-refractivity contribution in [1.29, 1.82) is 0 Å². The molecule has 0 aliphatic rings. The molecule has 0 aromatic carbocycles. The summed E-state index contributed by atoms with van der Waals surface area (Å²) >= 11 is 2.50. The smallest absolute Gasteiger partial charge is 0.462 e. The van der Waals surface area contributed by atoms with E-state index in [9.17, 15) is 28.6 Å². The van der Waals surface area contributed by atoms with Crippen LogP contribution >= 0.6 is 23.8 Å². The molecule has 0 aromatic rings. The minimum absolute atomic E-state index is 0.00299. The van der Waals surface area contributed by atoms with Crippen LogP contribution < -0.4 is 11.5 Å². The fourth-order valence-electron chi connectivity index (χ4n) is 1.70. The van der Waals surface area contributed by atoms with Crippen LogP contribution in [0.5, 0.6) is 0 Å². The Morgan fingerprint density at radius 2 is 1.35 bits per heavy atom. The number of hydrogen-bond donors (Lipinski definition) is 3. The number of carbonyl (C=O) groups is 4. The van der Waals surface area contributed by atoms with Gasteiger partial charge in [-0.25, -0.2) is 9.36 Å². The summed E-state index contributed by atoms with van der Waals surface area (Å²) in [6.07, 6.45) is -2.67. The third-order valence-corrected chi connectivity index (χ3v) is 4.14. The Morgan fingerprint density at radius 1 is 0.871 bits per heavy atom. The normalized spacial score (nSPS) is 14.6. The van der Waals surface area contributed by atoms with Gasteiger partial charge >= 0.3 is 30.6 Å². The predicted octanol–water partition coefficient (Wildman–Crippen LogP) is -0.264. The first kappa shape index (κ1) is 29.4. The van der Waals surface area contributed by atoms with E-state index in [2.05, 4.69) is 20.7 Å². The Balaban J connectivity index is 4.82. The van der Waals surface area contributed by atoms with Crippen LogP contribution in [0.15, 0.2) is 0 Å². The summed E-state index contributed by atoms with van der Waals surface area (Å²) in [6, 6.07) is 0. The molecule has 0 heterocycles. The number of phosphoric ester groups is 1. The van der Waals surface area contributed by atoms with E-state index < -0.39 is 69.2 Å². The molecule has 0 bridgehead atoms. The van der Waals surface area contributed by atoms with Crippen LogP contribution in [0.25, 0.3) is 0 Å². The molecule has 0 fully saturated rings. The highest BCUT2D eigenvalue weighted by molar-refractivity contribution is 9.18. The molecule has 0 aliphatic carbocycles. The molecule has 0 aromatic heterocycles. The maximum atomic E-state index is 12.1. The van der Waals surface area contributed by atoms with E-state index in [0.717, 1.165) is 6.92 Å². The second-order valence-corrected chi connectivity index (χ2v) is 7.81. The van der Waals surface area contributed by atoms with Gasteiger partial charge in [0.15, 0.2) is 12.2 Å². The maximum Gasteiger partial charge on any atom is 0.472 e. The van der Waals surface area contributed by atoms with E-state index in [1.165, 1.54) is 0 Å². The molecule has 0 rings (SSSR count). The van der Waals surface area contributed by atoms with Crippen molar-refractivity contribution < 1.29 is 56.6 Å². The Labute approximate surface area is 186 Å². The maximum absolute atomic E-state index is 12.1. The minimum Gasteiger partial charge on any atom is -0.462 e. The number of phosphoric acid groups is 1. The van der Waals surface area contributed by atoms with Gasteiger partial charge in [0.05, 0.1) is 26.1 Å². The highest BCUT2D eigenvalue weighted by Gasteiger charge is 2.28. The minimum atomic E-state index is -4.73. The molecule has 0 saturated carbocycles. The van der Waals surface area contributed by atoms with Crippen LogP contribution in [0.3, 0.4) is 0 Å². The number of halogens is 1. The lowest BCUT2D eigenvalue weighted by molar-refractivity contribution is -0.161. The van der Waals surface area contributed by atoms with Gasteiger partial charge in [-0.05, 0) is 0 Å². The summed E-state index contributed by atoms with van der Waals surface area (Å²) in [4.78, 5) is 53.8. The largest absolute Gasteiger partial charge is 0.472 e. The zero-order chi connectivity index (χ0) is 23.9. The standard InChI is InChI=1S/C15H26BrN2O12P/c1-10(19)25-6-12(30-15(16)22)9-28-31(23,24)27-8-11(29-14(21)3-5-18)7-26-13(20)2-4-17/h11-12H,2-9,17-18H2,1H3,(H,23,24)/t11?,12-/m1/s1. The van der Waals surface area contributed by atoms with Crippen molar-refractivity contribution in [1.82, 2.24) is 0 Å². The summed E-state index contributed by atoms with van der Waals surface area (Å²) in [5, 5.41) is 0. The molecule has 0 radical (unpaired) electrons. The summed E-state index contributed by atoms with van der Waals surface area (Å²) < 4.78 is 40.7. The van der Waals surface area contributed by atoms with Crippen LogP contribution in [0.2, 0.25) is 0 Å². The molecular weight excluding hydrogens is 511 g/mol. The van der Waals surface area contributed by atoms with Gasteiger partial charge in [0.1, 0.15) is 13.2 Å². The van der Waals surface area contributed by atoms with Gasteiger partial charge in [0.25, 0.3) is 0 Å². The topological polar surface area (TPSA) is 213 Å². The average molecular weight is 537 g/mol. The van der Waals surface area contributed by atoms with Crippen molar-refractivity contribution in [3.63, 3.8) is 0 Å². The molecule has 0 aliphatic heterocycles. The number of esters is 3. The van der Waals surface area contributed by atoms with Gasteiger partial charge in [0.2, 0.25) is 0 Å². The first-order chi connectivity index (χ1) is 14.5. The number of rotatable bonds is 16. The van der Waals surface area contributed by atoms with Crippen LogP contribution in [-0.2, 0) is 46.9 Å². The van der Waals surface area contributed by atoms with E-state index in [1.54, 1.807) is 0 Å². The summed E-state index contributed by atoms with van der Waals surface area (Å²) in [5.74, 6) is -2.09. The fourth-order valence-corrected chi connectivity index (χ4v) is 2.75. The first-order valence-corrected chi connectivity index (χ1v) is 11.1. The van der Waals surface area contributed by atoms with Crippen LogP contribution in [0.4, 0.5) is 4.79 Å². The van der Waals surface area contributed by atoms with Gasteiger partial charge in [-0.1, -0.05) is 0 Å². The molecule has 5 N–H and O–H groups in total. The molecule has 180 valence electrons. The van der Waals surface area contributed by atoms with Gasteiger partial charge < -0.3 is 35.3 Å². The van der Waals surface area contributed by atoms with E-state index in [1.807, 2.05) is 0 Å². The molecular formula is C15H26BrN2O12P. The molecule has 2 unspecified atom stereocenters. The van der Waals surface area contributed by atoms with Crippen molar-refractivity contribution in [3.05, 3.63) is 0 Å². The zero-order valence-electron chi connectivity index (χ0n) is 16.7. The van der Waals surface area contributed by atoms with Gasteiger partial charge in [-0.2, -0.15) is 0 Å². The van der Waals surface area contributed by atoms with E-state index >= 15 is 0 Å². The summed E-state index contributed by atoms with van der Waals surface area (Å²) in [7, 11) is -4.73. The first-order valence-electron chi connectivity index (χ1n) is 8.85. The quantitative estimate of drug-likeness (QED) is 0.100. The molecule has 16 heteroatoms. The van der Waals surface area contributed by atoms with Crippen LogP contribution in [-0.4, -0.2) is 79.4 Å². The summed E-state index contributed by atoms with van der Waals surface area (Å²) in [6.45, 7) is -1.10. The van der Waals surface area contributed by atoms with Gasteiger partial charge in [-0.3, -0.25) is 23.4 Å². The summed E-state index contributed by atoms with van der Waals surface area (Å²) in [5.41, 5.74) is 10.5. The van der Waals surface area contributed by atoms with Crippen molar-refractivity contribution in [2.45, 2.75) is 32.0 Å². The Bertz CT molecular complexity index is 649. The Kier molecular flexibility index (Phi) is 15.2. The molecule has 14 nitrogen and oxygen atoms in total. The van der Waals surface area contributed by atoms with Gasteiger partial charge in [-0.15, -0.1) is 0 Å². The Hall–Kier alpha value is -1.61. The lowest BCUT2D eigenvalue weighted by Gasteiger charge is -2.21. The van der Waals surface area contributed by atoms with Crippen molar-refractivity contribution in [2.75, 3.05) is 39.5 Å². The molecule has 0 spiro atoms. The highest BCUT2D eigenvalue weighted by Crippen LogP contribution is 2.43. The van der Waals surface area contributed by atoms with Gasteiger partial charge in [0, 0.05) is 35.9 Å². The second-order valence-electron chi connectivity index (χ2n) is 5.71. The SMILES string of the molecule is CC(=O)OC[C@H](COP(=O)(O)OCC(COC(=O)CCN)OC(=O)CCN)OC(=O)Br. The number of nitrogens with two attached hydrogens (primary N) is 2. The third-order valence-electron chi connectivity index (χ3n) is 3.00. The lowest BCUT2D eigenvalue weighted by atomic mass is 10.3.